The molecule has 0 amide bonds. The molecule has 0 unspecified atom stereocenters. The molecule has 0 aliphatic carbocycles. The Morgan fingerprint density at radius 1 is 1.41 bits per heavy atom. The largest absolute Gasteiger partial charge is 0.465 e. The van der Waals surface area contributed by atoms with Crippen LogP contribution in [-0.2, 0) is 4.74 Å². The van der Waals surface area contributed by atoms with Crippen LogP contribution in [0.15, 0.2) is 23.7 Å². The van der Waals surface area contributed by atoms with Crippen LogP contribution in [0.1, 0.15) is 20.9 Å². The Morgan fingerprint density at radius 3 is 2.82 bits per heavy atom. The number of hydrogen-bond acceptors (Lipinski definition) is 4. The number of rotatable bonds is 2. The molecule has 0 aliphatic rings. The van der Waals surface area contributed by atoms with Crippen molar-refractivity contribution in [2.24, 2.45) is 0 Å². The van der Waals surface area contributed by atoms with Crippen molar-refractivity contribution in [3.8, 4) is 11.1 Å². The first kappa shape index (κ1) is 11.8. The van der Waals surface area contributed by atoms with Crippen molar-refractivity contribution >= 4 is 17.3 Å². The maximum absolute atomic E-state index is 11.7. The molecule has 2 rings (SSSR count). The topological polar surface area (TPSA) is 39.2 Å². The first-order valence-electron chi connectivity index (χ1n) is 5.23. The summed E-state index contributed by atoms with van der Waals surface area (Å²) >= 11 is 1.41. The Bertz CT molecular complexity index is 560. The second kappa shape index (κ2) is 4.67. The van der Waals surface area contributed by atoms with Crippen LogP contribution in [0.25, 0.3) is 11.1 Å². The van der Waals surface area contributed by atoms with E-state index in [9.17, 15) is 4.79 Å². The van der Waals surface area contributed by atoms with Gasteiger partial charge in [0.05, 0.1) is 7.11 Å². The maximum atomic E-state index is 11.7. The molecule has 17 heavy (non-hydrogen) atoms. The van der Waals surface area contributed by atoms with E-state index in [4.69, 9.17) is 4.74 Å². The first-order chi connectivity index (χ1) is 8.13. The van der Waals surface area contributed by atoms with Crippen molar-refractivity contribution in [3.05, 3.63) is 39.8 Å². The normalized spacial score (nSPS) is 10.3. The molecule has 88 valence electrons. The number of thiophene rings is 1. The third-order valence-corrected chi connectivity index (χ3v) is 3.61. The van der Waals surface area contributed by atoms with E-state index in [1.54, 1.807) is 6.20 Å². The molecule has 4 heteroatoms. The Kier molecular flexibility index (Phi) is 3.24. The number of hydrogen-bond donors (Lipinski definition) is 0. The Morgan fingerprint density at radius 2 is 2.18 bits per heavy atom. The van der Waals surface area contributed by atoms with E-state index in [1.807, 2.05) is 31.4 Å². The summed E-state index contributed by atoms with van der Waals surface area (Å²) in [6.45, 7) is 3.93. The number of nitrogens with zero attached hydrogens (tertiary/aromatic N) is 1. The lowest BCUT2D eigenvalue weighted by atomic mass is 10.0. The van der Waals surface area contributed by atoms with E-state index in [0.29, 0.717) is 4.88 Å². The number of carbonyl (C=O) groups excluding carboxylic acids is 1. The van der Waals surface area contributed by atoms with Crippen LogP contribution >= 0.6 is 11.3 Å². The van der Waals surface area contributed by atoms with Gasteiger partial charge in [-0.05, 0) is 42.5 Å². The van der Waals surface area contributed by atoms with Crippen molar-refractivity contribution in [1.29, 1.82) is 0 Å². The molecule has 0 radical (unpaired) electrons. The monoisotopic (exact) mass is 247 g/mol. The van der Waals surface area contributed by atoms with E-state index in [-0.39, 0.29) is 5.97 Å². The van der Waals surface area contributed by atoms with Gasteiger partial charge in [-0.3, -0.25) is 4.98 Å². The minimum atomic E-state index is -0.285. The highest BCUT2D eigenvalue weighted by Gasteiger charge is 2.17. The maximum Gasteiger partial charge on any atom is 0.348 e. The molecule has 0 N–H and O–H groups in total. The van der Waals surface area contributed by atoms with E-state index in [1.165, 1.54) is 18.4 Å². The zero-order chi connectivity index (χ0) is 12.4. The molecule has 0 aromatic carbocycles. The van der Waals surface area contributed by atoms with E-state index < -0.39 is 0 Å². The molecule has 0 fully saturated rings. The van der Waals surface area contributed by atoms with Crippen LogP contribution in [0, 0.1) is 13.8 Å². The molecular formula is C13H13NO2S. The zero-order valence-electron chi connectivity index (χ0n) is 9.98. The summed E-state index contributed by atoms with van der Waals surface area (Å²) in [5, 5.41) is 1.97. The van der Waals surface area contributed by atoms with Gasteiger partial charge < -0.3 is 4.74 Å². The Balaban J connectivity index is 2.58. The van der Waals surface area contributed by atoms with Crippen LogP contribution in [0.2, 0.25) is 0 Å². The van der Waals surface area contributed by atoms with Crippen molar-refractivity contribution in [2.45, 2.75) is 13.8 Å². The molecule has 3 nitrogen and oxygen atoms in total. The standard InChI is InChI=1S/C13H13NO2S/c1-8-7-17-12(13(15)16-3)11(8)10-4-5-14-9(2)6-10/h4-7H,1-3H3. The summed E-state index contributed by atoms with van der Waals surface area (Å²) in [4.78, 5) is 16.5. The highest BCUT2D eigenvalue weighted by atomic mass is 32.1. The van der Waals surface area contributed by atoms with Gasteiger partial charge in [0, 0.05) is 17.5 Å². The Labute approximate surface area is 104 Å². The van der Waals surface area contributed by atoms with Crippen LogP contribution in [-0.4, -0.2) is 18.1 Å². The van der Waals surface area contributed by atoms with Crippen LogP contribution in [0.3, 0.4) is 0 Å². The SMILES string of the molecule is COC(=O)c1scc(C)c1-c1ccnc(C)c1. The van der Waals surface area contributed by atoms with E-state index in [2.05, 4.69) is 4.98 Å². The molecule has 2 heterocycles. The van der Waals surface area contributed by atoms with Crippen molar-refractivity contribution in [1.82, 2.24) is 4.98 Å². The smallest absolute Gasteiger partial charge is 0.348 e. The second-order valence-corrected chi connectivity index (χ2v) is 4.68. The van der Waals surface area contributed by atoms with Crippen LogP contribution < -0.4 is 0 Å². The number of methoxy groups -OCH3 is 1. The number of esters is 1. The fraction of sp³-hybridized carbons (Fsp3) is 0.231. The van der Waals surface area contributed by atoms with Gasteiger partial charge in [0.2, 0.25) is 0 Å². The summed E-state index contributed by atoms with van der Waals surface area (Å²) in [6.07, 6.45) is 1.75. The zero-order valence-corrected chi connectivity index (χ0v) is 10.8. The number of aryl methyl sites for hydroxylation is 2. The molecule has 0 spiro atoms. The third kappa shape index (κ3) is 2.22. The first-order valence-corrected chi connectivity index (χ1v) is 6.11. The van der Waals surface area contributed by atoms with E-state index >= 15 is 0 Å². The van der Waals surface area contributed by atoms with Gasteiger partial charge in [-0.15, -0.1) is 11.3 Å². The van der Waals surface area contributed by atoms with Crippen molar-refractivity contribution in [2.75, 3.05) is 7.11 Å². The summed E-state index contributed by atoms with van der Waals surface area (Å²) in [7, 11) is 1.40. The lowest BCUT2D eigenvalue weighted by molar-refractivity contribution is 0.0607. The summed E-state index contributed by atoms with van der Waals surface area (Å²) in [5.41, 5.74) is 3.98. The summed E-state index contributed by atoms with van der Waals surface area (Å²) in [6, 6.07) is 3.88. The van der Waals surface area contributed by atoms with Gasteiger partial charge in [-0.1, -0.05) is 0 Å². The van der Waals surface area contributed by atoms with Gasteiger partial charge >= 0.3 is 5.97 Å². The second-order valence-electron chi connectivity index (χ2n) is 3.80. The number of pyridine rings is 1. The van der Waals surface area contributed by atoms with Crippen molar-refractivity contribution in [3.63, 3.8) is 0 Å². The minimum Gasteiger partial charge on any atom is -0.465 e. The molecule has 2 aromatic heterocycles. The van der Waals surface area contributed by atoms with Gasteiger partial charge in [-0.25, -0.2) is 4.79 Å². The summed E-state index contributed by atoms with van der Waals surface area (Å²) < 4.78 is 4.80. The average Bonchev–Trinajstić information content (AvgIpc) is 2.70. The van der Waals surface area contributed by atoms with Crippen molar-refractivity contribution < 1.29 is 9.53 Å². The quantitative estimate of drug-likeness (QED) is 0.765. The lowest BCUT2D eigenvalue weighted by Crippen LogP contribution is -2.00. The number of carbonyl (C=O) groups is 1. The summed E-state index contributed by atoms with van der Waals surface area (Å²) in [5.74, 6) is -0.285. The lowest BCUT2D eigenvalue weighted by Gasteiger charge is -2.05. The molecule has 0 atom stereocenters. The van der Waals surface area contributed by atoms with Crippen LogP contribution in [0.5, 0.6) is 0 Å². The number of aromatic nitrogens is 1. The Hall–Kier alpha value is -1.68. The van der Waals surface area contributed by atoms with Gasteiger partial charge in [-0.2, -0.15) is 0 Å². The molecule has 0 aliphatic heterocycles. The average molecular weight is 247 g/mol. The number of ether oxygens (including phenoxy) is 1. The fourth-order valence-electron chi connectivity index (χ4n) is 1.75. The third-order valence-electron chi connectivity index (χ3n) is 2.53. The van der Waals surface area contributed by atoms with Gasteiger partial charge in [0.25, 0.3) is 0 Å². The predicted octanol–water partition coefficient (Wildman–Crippen LogP) is 3.21. The molecular weight excluding hydrogens is 234 g/mol. The van der Waals surface area contributed by atoms with Gasteiger partial charge in [0.1, 0.15) is 4.88 Å². The van der Waals surface area contributed by atoms with E-state index in [0.717, 1.165) is 22.4 Å². The fourth-order valence-corrected chi connectivity index (χ4v) is 2.74. The highest BCUT2D eigenvalue weighted by molar-refractivity contribution is 7.12. The molecule has 2 aromatic rings. The van der Waals surface area contributed by atoms with Crippen LogP contribution in [0.4, 0.5) is 0 Å². The molecule has 0 saturated carbocycles. The molecule has 0 saturated heterocycles. The highest BCUT2D eigenvalue weighted by Crippen LogP contribution is 2.32. The predicted molar refractivity (Wildman–Crippen MR) is 68.4 cm³/mol. The molecule has 0 bridgehead atoms. The van der Waals surface area contributed by atoms with Gasteiger partial charge in [0.15, 0.2) is 0 Å². The minimum absolute atomic E-state index is 0.285.